The number of amides is 2. The zero-order valence-electron chi connectivity index (χ0n) is 24.9. The van der Waals surface area contributed by atoms with E-state index in [1.54, 1.807) is 47.7 Å². The van der Waals surface area contributed by atoms with Crippen LogP contribution in [0.25, 0.3) is 11.1 Å². The molecular formula is C34H35N5O4S. The molecule has 1 aliphatic carbocycles. The number of aryl methyl sites for hydroxylation is 3. The molecule has 1 aromatic carbocycles. The van der Waals surface area contributed by atoms with Crippen LogP contribution in [0, 0.1) is 6.92 Å². The molecule has 2 amide bonds. The van der Waals surface area contributed by atoms with Gasteiger partial charge < -0.3 is 20.1 Å². The Kier molecular flexibility index (Phi) is 8.43. The molecule has 0 spiro atoms. The van der Waals surface area contributed by atoms with E-state index in [0.717, 1.165) is 40.1 Å². The summed E-state index contributed by atoms with van der Waals surface area (Å²) in [7, 11) is 1.69. The number of thiophene rings is 1. The van der Waals surface area contributed by atoms with E-state index in [4.69, 9.17) is 0 Å². The molecule has 6 rings (SSSR count). The van der Waals surface area contributed by atoms with Crippen molar-refractivity contribution in [1.82, 2.24) is 14.5 Å². The van der Waals surface area contributed by atoms with E-state index in [0.29, 0.717) is 43.0 Å². The molecule has 4 aromatic rings. The minimum Gasteiger partial charge on any atom is -0.338 e. The number of hydrogen-bond donors (Lipinski definition) is 2. The predicted molar refractivity (Wildman–Crippen MR) is 173 cm³/mol. The second-order valence-electron chi connectivity index (χ2n) is 11.5. The van der Waals surface area contributed by atoms with Gasteiger partial charge in [-0.05, 0) is 79.6 Å². The summed E-state index contributed by atoms with van der Waals surface area (Å²) in [4.78, 5) is 58.7. The first-order valence-corrected chi connectivity index (χ1v) is 15.9. The van der Waals surface area contributed by atoms with Crippen LogP contribution in [0.2, 0.25) is 0 Å². The number of carbonyl (C=O) groups excluding carboxylic acids is 3. The molecular weight excluding hydrogens is 574 g/mol. The Hall–Kier alpha value is -4.57. The number of hydrogen-bond acceptors (Lipinski definition) is 7. The summed E-state index contributed by atoms with van der Waals surface area (Å²) in [6.45, 7) is 2.80. The normalized spacial score (nSPS) is 15.0. The smallest absolute Gasteiger partial charge is 0.274 e. The van der Waals surface area contributed by atoms with Crippen LogP contribution in [0.1, 0.15) is 68.1 Å². The Bertz CT molecular complexity index is 1770. The van der Waals surface area contributed by atoms with Crippen LogP contribution in [-0.2, 0) is 24.7 Å². The first kappa shape index (κ1) is 29.5. The van der Waals surface area contributed by atoms with E-state index in [1.165, 1.54) is 40.5 Å². The fraction of sp³-hybridized carbons (Fsp3) is 0.324. The molecule has 1 fully saturated rings. The molecule has 3 aromatic heterocycles. The zero-order valence-corrected chi connectivity index (χ0v) is 25.8. The molecule has 10 heteroatoms. The van der Waals surface area contributed by atoms with Crippen molar-refractivity contribution in [3.63, 3.8) is 0 Å². The van der Waals surface area contributed by atoms with Gasteiger partial charge >= 0.3 is 0 Å². The molecule has 0 radical (unpaired) electrons. The summed E-state index contributed by atoms with van der Waals surface area (Å²) >= 11 is 1.60. The third-order valence-electron chi connectivity index (χ3n) is 8.43. The van der Waals surface area contributed by atoms with E-state index in [-0.39, 0.29) is 23.2 Å². The number of ketones is 1. The molecule has 0 saturated carbocycles. The van der Waals surface area contributed by atoms with Crippen molar-refractivity contribution in [2.75, 3.05) is 23.7 Å². The van der Waals surface area contributed by atoms with Gasteiger partial charge in [0.05, 0.1) is 10.4 Å². The summed E-state index contributed by atoms with van der Waals surface area (Å²) in [6, 6.07) is 12.9. The van der Waals surface area contributed by atoms with Gasteiger partial charge in [0.25, 0.3) is 17.4 Å². The van der Waals surface area contributed by atoms with Crippen LogP contribution in [0.3, 0.4) is 0 Å². The van der Waals surface area contributed by atoms with Crippen molar-refractivity contribution in [3.05, 3.63) is 91.7 Å². The van der Waals surface area contributed by atoms with Crippen LogP contribution in [0.5, 0.6) is 0 Å². The largest absolute Gasteiger partial charge is 0.338 e. The summed E-state index contributed by atoms with van der Waals surface area (Å²) in [5.41, 5.74) is 5.15. The molecule has 2 N–H and O–H groups in total. The molecule has 44 heavy (non-hydrogen) atoms. The number of fused-ring (bicyclic) bond motifs is 1. The van der Waals surface area contributed by atoms with Crippen molar-refractivity contribution >= 4 is 46.1 Å². The minimum atomic E-state index is -0.228. The Morgan fingerprint density at radius 2 is 1.73 bits per heavy atom. The third kappa shape index (κ3) is 6.21. The molecule has 2 aliphatic rings. The van der Waals surface area contributed by atoms with Crippen LogP contribution < -0.4 is 16.2 Å². The lowest BCUT2D eigenvalue weighted by atomic mass is 10.00. The Balaban J connectivity index is 1.20. The Labute approximate surface area is 259 Å². The van der Waals surface area contributed by atoms with E-state index >= 15 is 0 Å². The molecule has 1 saturated heterocycles. The van der Waals surface area contributed by atoms with Crippen LogP contribution >= 0.6 is 11.3 Å². The van der Waals surface area contributed by atoms with Gasteiger partial charge in [-0.25, -0.2) is 4.98 Å². The highest BCUT2D eigenvalue weighted by molar-refractivity contribution is 7.14. The summed E-state index contributed by atoms with van der Waals surface area (Å²) in [5.74, 6) is 0.338. The van der Waals surface area contributed by atoms with Gasteiger partial charge in [-0.15, -0.1) is 11.3 Å². The number of anilines is 3. The number of likely N-dealkylation sites (tertiary alicyclic amines) is 1. The number of rotatable bonds is 6. The molecule has 0 unspecified atom stereocenters. The summed E-state index contributed by atoms with van der Waals surface area (Å²) in [6.07, 6.45) is 9.69. The van der Waals surface area contributed by atoms with Crippen molar-refractivity contribution in [2.45, 2.75) is 51.9 Å². The van der Waals surface area contributed by atoms with Crippen molar-refractivity contribution in [3.8, 4) is 11.1 Å². The first-order valence-electron chi connectivity index (χ1n) is 15.0. The van der Waals surface area contributed by atoms with E-state index in [9.17, 15) is 19.2 Å². The van der Waals surface area contributed by atoms with Gasteiger partial charge in [0.1, 0.15) is 17.3 Å². The maximum absolute atomic E-state index is 13.2. The number of Topliss-reactive ketones (excluding diaryl/α,β-unsaturated/α-hetero) is 1. The number of benzene rings is 1. The lowest BCUT2D eigenvalue weighted by Crippen LogP contribution is -2.38. The lowest BCUT2D eigenvalue weighted by Gasteiger charge is -2.26. The number of aromatic nitrogens is 2. The topological polar surface area (TPSA) is 113 Å². The highest BCUT2D eigenvalue weighted by Gasteiger charge is 2.22. The molecule has 0 atom stereocenters. The van der Waals surface area contributed by atoms with Crippen LogP contribution in [0.15, 0.2) is 59.7 Å². The van der Waals surface area contributed by atoms with Crippen LogP contribution in [-0.4, -0.2) is 45.1 Å². The number of piperidine rings is 1. The van der Waals surface area contributed by atoms with E-state index in [2.05, 4.69) is 21.7 Å². The Morgan fingerprint density at radius 1 is 0.932 bits per heavy atom. The van der Waals surface area contributed by atoms with Crippen LogP contribution in [0.4, 0.5) is 17.2 Å². The third-order valence-corrected chi connectivity index (χ3v) is 9.66. The van der Waals surface area contributed by atoms with Gasteiger partial charge in [-0.2, -0.15) is 0 Å². The van der Waals surface area contributed by atoms with Gasteiger partial charge in [0, 0.05) is 61.5 Å². The minimum absolute atomic E-state index is 0.104. The van der Waals surface area contributed by atoms with Gasteiger partial charge in [-0.3, -0.25) is 19.2 Å². The van der Waals surface area contributed by atoms with Gasteiger partial charge in [-0.1, -0.05) is 18.6 Å². The highest BCUT2D eigenvalue weighted by Crippen LogP contribution is 2.32. The second-order valence-corrected chi connectivity index (χ2v) is 12.6. The monoisotopic (exact) mass is 609 g/mol. The van der Waals surface area contributed by atoms with E-state index in [1.807, 2.05) is 25.1 Å². The number of nitrogens with zero attached hydrogens (tertiary/aromatic N) is 3. The number of nitrogens with one attached hydrogen (secondary N) is 2. The zero-order chi connectivity index (χ0) is 30.8. The van der Waals surface area contributed by atoms with Gasteiger partial charge in [0.2, 0.25) is 0 Å². The first-order chi connectivity index (χ1) is 21.3. The standard InChI is InChI=1S/C34H35N5O4S/c1-21-26(8-6-9-27(21)37-32(41)30-18-22-7-4-3-5-10-29(22)44-30)24-17-28(34(43)38(2)20-24)36-31-12-11-23(19-35-31)33(42)39-15-13-25(40)14-16-39/h6,8-9,11-12,17-20H,3-5,7,10,13-16H2,1-2H3,(H,35,36)(H,37,41). The molecule has 9 nitrogen and oxygen atoms in total. The van der Waals surface area contributed by atoms with Gasteiger partial charge in [0.15, 0.2) is 0 Å². The number of carbonyl (C=O) groups is 3. The number of pyridine rings is 2. The molecule has 226 valence electrons. The molecule has 4 heterocycles. The quantitative estimate of drug-likeness (QED) is 0.264. The lowest BCUT2D eigenvalue weighted by molar-refractivity contribution is -0.120. The maximum atomic E-state index is 13.2. The SMILES string of the molecule is Cc1c(NC(=O)c2cc3c(s2)CCCCC3)cccc1-c1cc(Nc2ccc(C(=O)N3CCC(=O)CC3)cn2)c(=O)n(C)c1. The predicted octanol–water partition coefficient (Wildman–Crippen LogP) is 5.89. The highest BCUT2D eigenvalue weighted by atomic mass is 32.1. The van der Waals surface area contributed by atoms with Crippen molar-refractivity contribution < 1.29 is 14.4 Å². The summed E-state index contributed by atoms with van der Waals surface area (Å²) in [5, 5.41) is 6.22. The second kappa shape index (κ2) is 12.6. The fourth-order valence-corrected chi connectivity index (χ4v) is 7.02. The Morgan fingerprint density at radius 3 is 2.50 bits per heavy atom. The fourth-order valence-electron chi connectivity index (χ4n) is 5.87. The summed E-state index contributed by atoms with van der Waals surface area (Å²) < 4.78 is 1.51. The van der Waals surface area contributed by atoms with Crippen molar-refractivity contribution in [2.24, 2.45) is 7.05 Å². The average molecular weight is 610 g/mol. The van der Waals surface area contributed by atoms with Crippen molar-refractivity contribution in [1.29, 1.82) is 0 Å². The molecule has 0 bridgehead atoms. The maximum Gasteiger partial charge on any atom is 0.274 e. The average Bonchev–Trinajstić information content (AvgIpc) is 3.31. The molecule has 1 aliphatic heterocycles. The van der Waals surface area contributed by atoms with E-state index < -0.39 is 0 Å².